The van der Waals surface area contributed by atoms with Crippen molar-refractivity contribution in [3.63, 3.8) is 0 Å². The number of carbonyl (C=O) groups excluding carboxylic acids is 1. The van der Waals surface area contributed by atoms with Gasteiger partial charge in [-0.3, -0.25) is 24.7 Å². The maximum atomic E-state index is 11.8. The van der Waals surface area contributed by atoms with E-state index in [0.717, 1.165) is 17.4 Å². The fraction of sp³-hybridized carbons (Fsp3) is 0.138. The van der Waals surface area contributed by atoms with E-state index < -0.39 is 21.9 Å². The van der Waals surface area contributed by atoms with Crippen LogP contribution in [0.25, 0.3) is 12.2 Å². The number of methoxy groups -OCH3 is 2. The average molecular weight is 560 g/mol. The van der Waals surface area contributed by atoms with Crippen LogP contribution in [0.15, 0.2) is 70.3 Å². The van der Waals surface area contributed by atoms with Crippen LogP contribution in [0.1, 0.15) is 32.7 Å². The van der Waals surface area contributed by atoms with Gasteiger partial charge >= 0.3 is 16.9 Å². The molecule has 0 unspecified atom stereocenters. The number of nitrogens with one attached hydrogen (secondary N) is 2. The highest BCUT2D eigenvalue weighted by atomic mass is 16.6. The number of H-pyrrole nitrogens is 2. The second-order valence-corrected chi connectivity index (χ2v) is 8.59. The first-order valence-corrected chi connectivity index (χ1v) is 12.1. The Morgan fingerprint density at radius 2 is 1.29 bits per heavy atom. The van der Waals surface area contributed by atoms with E-state index in [1.165, 1.54) is 26.4 Å². The zero-order chi connectivity index (χ0) is 29.4. The standard InChI is InChI=1S/C29H25N3O9/c1-38-25-13-18(7-10-22-27(32(36)37)28(34)31-29(35)30-22)8-11-23(25)40-16-19-3-5-20(6-4-19)17-41-24-12-9-21(15-33)14-26(24)39-2/h3-15H,16-17H2,1-2H3,(H2,30,31,34,35)/b10-7+. The minimum atomic E-state index is -1.09. The van der Waals surface area contributed by atoms with Crippen molar-refractivity contribution in [2.45, 2.75) is 13.2 Å². The Kier molecular flexibility index (Phi) is 8.95. The highest BCUT2D eigenvalue weighted by Gasteiger charge is 2.19. The molecule has 0 aliphatic rings. The van der Waals surface area contributed by atoms with Crippen molar-refractivity contribution in [3.05, 3.63) is 120 Å². The lowest BCUT2D eigenvalue weighted by atomic mass is 10.1. The molecule has 0 amide bonds. The lowest BCUT2D eigenvalue weighted by Crippen LogP contribution is -2.25. The smallest absolute Gasteiger partial charge is 0.357 e. The van der Waals surface area contributed by atoms with Gasteiger partial charge in [0.15, 0.2) is 23.0 Å². The van der Waals surface area contributed by atoms with Crippen molar-refractivity contribution in [1.29, 1.82) is 0 Å². The van der Waals surface area contributed by atoms with Crippen molar-refractivity contribution >= 4 is 24.1 Å². The van der Waals surface area contributed by atoms with Crippen LogP contribution >= 0.6 is 0 Å². The molecule has 0 aliphatic carbocycles. The third-order valence-corrected chi connectivity index (χ3v) is 5.89. The third kappa shape index (κ3) is 7.06. The highest BCUT2D eigenvalue weighted by molar-refractivity contribution is 5.76. The highest BCUT2D eigenvalue weighted by Crippen LogP contribution is 2.30. The van der Waals surface area contributed by atoms with Gasteiger partial charge in [0.2, 0.25) is 0 Å². The summed E-state index contributed by atoms with van der Waals surface area (Å²) in [5.74, 6) is 1.89. The summed E-state index contributed by atoms with van der Waals surface area (Å²) in [7, 11) is 2.99. The van der Waals surface area contributed by atoms with E-state index in [1.807, 2.05) is 29.2 Å². The number of rotatable bonds is 12. The van der Waals surface area contributed by atoms with Gasteiger partial charge in [-0.25, -0.2) is 4.79 Å². The van der Waals surface area contributed by atoms with Crippen molar-refractivity contribution in [1.82, 2.24) is 9.97 Å². The molecule has 0 radical (unpaired) electrons. The van der Waals surface area contributed by atoms with Crippen LogP contribution in [0.3, 0.4) is 0 Å². The Morgan fingerprint density at radius 1 is 0.756 bits per heavy atom. The fourth-order valence-electron chi connectivity index (χ4n) is 3.82. The van der Waals surface area contributed by atoms with E-state index in [2.05, 4.69) is 4.98 Å². The van der Waals surface area contributed by atoms with Gasteiger partial charge in [-0.15, -0.1) is 0 Å². The molecule has 12 nitrogen and oxygen atoms in total. The van der Waals surface area contributed by atoms with Gasteiger partial charge in [0, 0.05) is 5.56 Å². The lowest BCUT2D eigenvalue weighted by Gasteiger charge is -2.13. The number of aromatic nitrogens is 2. The van der Waals surface area contributed by atoms with E-state index in [-0.39, 0.29) is 12.3 Å². The summed E-state index contributed by atoms with van der Waals surface area (Å²) in [4.78, 5) is 48.8. The number of aromatic amines is 2. The molecule has 0 saturated carbocycles. The summed E-state index contributed by atoms with van der Waals surface area (Å²) in [6.07, 6.45) is 3.51. The van der Waals surface area contributed by atoms with Gasteiger partial charge in [-0.05, 0) is 53.1 Å². The van der Waals surface area contributed by atoms with Gasteiger partial charge in [0.05, 0.1) is 19.1 Å². The monoisotopic (exact) mass is 559 g/mol. The summed E-state index contributed by atoms with van der Waals surface area (Å²) < 4.78 is 22.5. The molecule has 210 valence electrons. The summed E-state index contributed by atoms with van der Waals surface area (Å²) >= 11 is 0. The minimum absolute atomic E-state index is 0.230. The summed E-state index contributed by atoms with van der Waals surface area (Å²) in [5.41, 5.74) is -0.0328. The van der Waals surface area contributed by atoms with Crippen LogP contribution in [0.4, 0.5) is 5.69 Å². The van der Waals surface area contributed by atoms with Crippen LogP contribution < -0.4 is 30.2 Å². The maximum absolute atomic E-state index is 11.8. The number of hydrogen-bond acceptors (Lipinski definition) is 9. The van der Waals surface area contributed by atoms with Crippen LogP contribution in [0, 0.1) is 10.1 Å². The van der Waals surface area contributed by atoms with Crippen molar-refractivity contribution in [2.75, 3.05) is 14.2 Å². The van der Waals surface area contributed by atoms with E-state index >= 15 is 0 Å². The molecule has 0 aliphatic heterocycles. The van der Waals surface area contributed by atoms with Gasteiger partial charge in [0.1, 0.15) is 25.2 Å². The normalized spacial score (nSPS) is 10.8. The molecular weight excluding hydrogens is 534 g/mol. The SMILES string of the molecule is COc1cc(C=O)ccc1OCc1ccc(COc2ccc(/C=C/c3[nH]c(=O)[nH]c(=O)c3[N+](=O)[O-])cc2OC)cc1. The third-order valence-electron chi connectivity index (χ3n) is 5.89. The summed E-state index contributed by atoms with van der Waals surface area (Å²) in [6.45, 7) is 0.559. The molecule has 4 aromatic rings. The Hall–Kier alpha value is -5.65. The Morgan fingerprint density at radius 3 is 1.80 bits per heavy atom. The average Bonchev–Trinajstić information content (AvgIpc) is 2.97. The number of benzene rings is 3. The number of ether oxygens (including phenoxy) is 4. The Bertz CT molecular complexity index is 1710. The quantitative estimate of drug-likeness (QED) is 0.148. The van der Waals surface area contributed by atoms with Crippen molar-refractivity contribution in [2.24, 2.45) is 0 Å². The second kappa shape index (κ2) is 12.9. The van der Waals surface area contributed by atoms with Crippen LogP contribution in [0.2, 0.25) is 0 Å². The van der Waals surface area contributed by atoms with Gasteiger partial charge in [0.25, 0.3) is 0 Å². The number of hydrogen-bond donors (Lipinski definition) is 2. The van der Waals surface area contributed by atoms with E-state index in [9.17, 15) is 24.5 Å². The lowest BCUT2D eigenvalue weighted by molar-refractivity contribution is -0.386. The van der Waals surface area contributed by atoms with E-state index in [1.54, 1.807) is 36.4 Å². The zero-order valence-corrected chi connectivity index (χ0v) is 22.0. The molecule has 2 N–H and O–H groups in total. The molecule has 1 heterocycles. The number of aldehydes is 1. The molecule has 41 heavy (non-hydrogen) atoms. The molecule has 0 bridgehead atoms. The van der Waals surface area contributed by atoms with Crippen molar-refractivity contribution in [3.8, 4) is 23.0 Å². The van der Waals surface area contributed by atoms with Crippen LogP contribution in [-0.2, 0) is 13.2 Å². The topological polar surface area (TPSA) is 163 Å². The minimum Gasteiger partial charge on any atom is -0.493 e. The van der Waals surface area contributed by atoms with Crippen molar-refractivity contribution < 1.29 is 28.7 Å². The first-order chi connectivity index (χ1) is 19.8. The molecule has 0 atom stereocenters. The molecule has 12 heteroatoms. The zero-order valence-electron chi connectivity index (χ0n) is 22.0. The van der Waals surface area contributed by atoms with E-state index in [0.29, 0.717) is 40.7 Å². The number of nitrogens with zero attached hydrogens (tertiary/aromatic N) is 1. The molecule has 0 spiro atoms. The molecule has 3 aromatic carbocycles. The number of nitro groups is 1. The molecule has 0 saturated heterocycles. The first-order valence-electron chi connectivity index (χ1n) is 12.1. The molecular formula is C29H25N3O9. The predicted octanol–water partition coefficient (Wildman–Crippen LogP) is 4.13. The largest absolute Gasteiger partial charge is 0.493 e. The van der Waals surface area contributed by atoms with Crippen LogP contribution in [0.5, 0.6) is 23.0 Å². The molecule has 0 fully saturated rings. The van der Waals surface area contributed by atoms with Gasteiger partial charge < -0.3 is 23.9 Å². The Balaban J connectivity index is 1.40. The van der Waals surface area contributed by atoms with Crippen LogP contribution in [-0.4, -0.2) is 35.4 Å². The summed E-state index contributed by atoms with van der Waals surface area (Å²) in [6, 6.07) is 17.6. The number of carbonyl (C=O) groups is 1. The predicted molar refractivity (Wildman–Crippen MR) is 150 cm³/mol. The molecule has 4 rings (SSSR count). The second-order valence-electron chi connectivity index (χ2n) is 8.59. The van der Waals surface area contributed by atoms with E-state index in [4.69, 9.17) is 18.9 Å². The fourth-order valence-corrected chi connectivity index (χ4v) is 3.82. The maximum Gasteiger partial charge on any atom is 0.357 e. The Labute approximate surface area is 232 Å². The molecule has 1 aromatic heterocycles. The first kappa shape index (κ1) is 28.4. The van der Waals surface area contributed by atoms with Gasteiger partial charge in [-0.2, -0.15) is 0 Å². The van der Waals surface area contributed by atoms with Gasteiger partial charge in [-0.1, -0.05) is 36.4 Å². The summed E-state index contributed by atoms with van der Waals surface area (Å²) in [5, 5.41) is 11.2.